The van der Waals surface area contributed by atoms with E-state index in [0.29, 0.717) is 12.1 Å². The number of nitrogens with zero attached hydrogens (tertiary/aromatic N) is 1. The number of hydrogen-bond donors (Lipinski definition) is 1. The Balaban J connectivity index is 1.78. The topological polar surface area (TPSA) is 41.6 Å². The SMILES string of the molecule is CCN(C(=O)COc1ccc(CNC(C)C)cc1)C1CC1. The van der Waals surface area contributed by atoms with Gasteiger partial charge in [-0.3, -0.25) is 4.79 Å². The van der Waals surface area contributed by atoms with Crippen molar-refractivity contribution in [3.63, 3.8) is 0 Å². The normalized spacial score (nSPS) is 14.3. The number of rotatable bonds is 8. The molecule has 21 heavy (non-hydrogen) atoms. The average Bonchev–Trinajstić information content (AvgIpc) is 3.29. The first-order valence-electron chi connectivity index (χ1n) is 7.84. The number of benzene rings is 1. The van der Waals surface area contributed by atoms with E-state index in [-0.39, 0.29) is 12.5 Å². The lowest BCUT2D eigenvalue weighted by molar-refractivity contribution is -0.133. The molecule has 1 aliphatic carbocycles. The van der Waals surface area contributed by atoms with E-state index in [4.69, 9.17) is 4.74 Å². The molecule has 0 radical (unpaired) electrons. The quantitative estimate of drug-likeness (QED) is 0.800. The zero-order valence-electron chi connectivity index (χ0n) is 13.3. The molecule has 1 fully saturated rings. The standard InChI is InChI=1S/C17H26N2O2/c1-4-19(15-7-8-15)17(20)12-21-16-9-5-14(6-10-16)11-18-13(2)3/h5-6,9-10,13,15,18H,4,7-8,11-12H2,1-3H3. The molecular formula is C17H26N2O2. The minimum Gasteiger partial charge on any atom is -0.484 e. The molecule has 0 unspecified atom stereocenters. The van der Waals surface area contributed by atoms with Gasteiger partial charge in [0, 0.05) is 25.2 Å². The van der Waals surface area contributed by atoms with E-state index in [1.165, 1.54) is 5.56 Å². The second-order valence-corrected chi connectivity index (χ2v) is 5.88. The number of amides is 1. The van der Waals surface area contributed by atoms with Gasteiger partial charge in [-0.05, 0) is 37.5 Å². The highest BCUT2D eigenvalue weighted by Crippen LogP contribution is 2.26. The largest absolute Gasteiger partial charge is 0.484 e. The molecule has 0 spiro atoms. The van der Waals surface area contributed by atoms with Crippen LogP contribution in [-0.2, 0) is 11.3 Å². The maximum Gasteiger partial charge on any atom is 0.260 e. The van der Waals surface area contributed by atoms with Crippen molar-refractivity contribution in [3.8, 4) is 5.75 Å². The first-order valence-corrected chi connectivity index (χ1v) is 7.84. The molecule has 4 nitrogen and oxygen atoms in total. The molecule has 1 saturated carbocycles. The molecule has 1 N–H and O–H groups in total. The second kappa shape index (κ2) is 7.46. The molecule has 1 aromatic carbocycles. The highest BCUT2D eigenvalue weighted by atomic mass is 16.5. The second-order valence-electron chi connectivity index (χ2n) is 5.88. The summed E-state index contributed by atoms with van der Waals surface area (Å²) in [6.45, 7) is 8.03. The van der Waals surface area contributed by atoms with Gasteiger partial charge in [0.2, 0.25) is 0 Å². The number of ether oxygens (including phenoxy) is 1. The molecule has 0 saturated heterocycles. The van der Waals surface area contributed by atoms with E-state index >= 15 is 0 Å². The highest BCUT2D eigenvalue weighted by Gasteiger charge is 2.31. The lowest BCUT2D eigenvalue weighted by Crippen LogP contribution is -2.36. The lowest BCUT2D eigenvalue weighted by atomic mass is 10.2. The van der Waals surface area contributed by atoms with Crippen molar-refractivity contribution in [2.45, 2.75) is 52.2 Å². The van der Waals surface area contributed by atoms with Gasteiger partial charge in [-0.15, -0.1) is 0 Å². The Labute approximate surface area is 127 Å². The highest BCUT2D eigenvalue weighted by molar-refractivity contribution is 5.78. The van der Waals surface area contributed by atoms with Crippen LogP contribution in [0, 0.1) is 0 Å². The van der Waals surface area contributed by atoms with Gasteiger partial charge in [-0.25, -0.2) is 0 Å². The van der Waals surface area contributed by atoms with Gasteiger partial charge in [-0.2, -0.15) is 0 Å². The minimum atomic E-state index is 0.0885. The van der Waals surface area contributed by atoms with Crippen molar-refractivity contribution in [2.24, 2.45) is 0 Å². The molecule has 0 bridgehead atoms. The minimum absolute atomic E-state index is 0.0885. The third kappa shape index (κ3) is 5.05. The van der Waals surface area contributed by atoms with Crippen molar-refractivity contribution < 1.29 is 9.53 Å². The fourth-order valence-corrected chi connectivity index (χ4v) is 2.28. The van der Waals surface area contributed by atoms with Crippen LogP contribution in [0.15, 0.2) is 24.3 Å². The van der Waals surface area contributed by atoms with Crippen LogP contribution in [0.4, 0.5) is 0 Å². The molecular weight excluding hydrogens is 264 g/mol. The van der Waals surface area contributed by atoms with Crippen LogP contribution in [0.3, 0.4) is 0 Å². The van der Waals surface area contributed by atoms with Crippen LogP contribution >= 0.6 is 0 Å². The summed E-state index contributed by atoms with van der Waals surface area (Å²) in [6, 6.07) is 8.86. The maximum atomic E-state index is 12.1. The predicted octanol–water partition coefficient (Wildman–Crippen LogP) is 2.57. The van der Waals surface area contributed by atoms with Crippen molar-refractivity contribution in [1.29, 1.82) is 0 Å². The first-order chi connectivity index (χ1) is 10.1. The average molecular weight is 290 g/mol. The maximum absolute atomic E-state index is 12.1. The zero-order chi connectivity index (χ0) is 15.2. The van der Waals surface area contributed by atoms with E-state index < -0.39 is 0 Å². The van der Waals surface area contributed by atoms with E-state index in [1.54, 1.807) is 0 Å². The van der Waals surface area contributed by atoms with Crippen LogP contribution in [0.1, 0.15) is 39.2 Å². The molecule has 1 aromatic rings. The summed E-state index contributed by atoms with van der Waals surface area (Å²) in [5, 5.41) is 3.37. The van der Waals surface area contributed by atoms with Crippen LogP contribution in [0.25, 0.3) is 0 Å². The van der Waals surface area contributed by atoms with Crippen molar-refractivity contribution in [2.75, 3.05) is 13.2 Å². The Morgan fingerprint density at radius 2 is 2.00 bits per heavy atom. The van der Waals surface area contributed by atoms with Gasteiger partial charge in [0.15, 0.2) is 6.61 Å². The molecule has 1 amide bonds. The Morgan fingerprint density at radius 3 is 2.52 bits per heavy atom. The third-order valence-corrected chi connectivity index (χ3v) is 3.65. The summed E-state index contributed by atoms with van der Waals surface area (Å²) in [5.41, 5.74) is 1.22. The molecule has 0 aromatic heterocycles. The van der Waals surface area contributed by atoms with Gasteiger partial charge < -0.3 is 15.0 Å². The van der Waals surface area contributed by atoms with Crippen LogP contribution in [0.5, 0.6) is 5.75 Å². The van der Waals surface area contributed by atoms with E-state index in [1.807, 2.05) is 36.1 Å². The van der Waals surface area contributed by atoms with Gasteiger partial charge in [0.25, 0.3) is 5.91 Å². The van der Waals surface area contributed by atoms with E-state index in [9.17, 15) is 4.79 Å². The summed E-state index contributed by atoms with van der Waals surface area (Å²) >= 11 is 0. The van der Waals surface area contributed by atoms with Crippen LogP contribution in [-0.4, -0.2) is 36.0 Å². The van der Waals surface area contributed by atoms with Gasteiger partial charge in [0.05, 0.1) is 0 Å². The van der Waals surface area contributed by atoms with Crippen molar-refractivity contribution in [1.82, 2.24) is 10.2 Å². The summed E-state index contributed by atoms with van der Waals surface area (Å²) in [6.07, 6.45) is 2.27. The fourth-order valence-electron chi connectivity index (χ4n) is 2.28. The summed E-state index contributed by atoms with van der Waals surface area (Å²) in [4.78, 5) is 14.0. The van der Waals surface area contributed by atoms with Gasteiger partial charge >= 0.3 is 0 Å². The summed E-state index contributed by atoms with van der Waals surface area (Å²) in [5.74, 6) is 0.842. The summed E-state index contributed by atoms with van der Waals surface area (Å²) in [7, 11) is 0. The fraction of sp³-hybridized carbons (Fsp3) is 0.588. The molecule has 4 heteroatoms. The van der Waals surface area contributed by atoms with E-state index in [0.717, 1.165) is 31.7 Å². The number of hydrogen-bond acceptors (Lipinski definition) is 3. The Kier molecular flexibility index (Phi) is 5.62. The first kappa shape index (κ1) is 15.8. The van der Waals surface area contributed by atoms with Crippen LogP contribution < -0.4 is 10.1 Å². The third-order valence-electron chi connectivity index (χ3n) is 3.65. The van der Waals surface area contributed by atoms with Gasteiger partial charge in [-0.1, -0.05) is 26.0 Å². The molecule has 116 valence electrons. The van der Waals surface area contributed by atoms with E-state index in [2.05, 4.69) is 19.2 Å². The Bertz CT molecular complexity index is 452. The molecule has 0 heterocycles. The monoisotopic (exact) mass is 290 g/mol. The van der Waals surface area contributed by atoms with Gasteiger partial charge in [0.1, 0.15) is 5.75 Å². The molecule has 0 aliphatic heterocycles. The van der Waals surface area contributed by atoms with Crippen molar-refractivity contribution in [3.05, 3.63) is 29.8 Å². The Hall–Kier alpha value is -1.55. The molecule has 0 atom stereocenters. The smallest absolute Gasteiger partial charge is 0.260 e. The predicted molar refractivity (Wildman–Crippen MR) is 84.3 cm³/mol. The molecule has 1 aliphatic rings. The number of carbonyl (C=O) groups is 1. The van der Waals surface area contributed by atoms with Crippen molar-refractivity contribution >= 4 is 5.91 Å². The number of likely N-dealkylation sites (N-methyl/N-ethyl adjacent to an activating group) is 1. The number of nitrogens with one attached hydrogen (secondary N) is 1. The number of carbonyl (C=O) groups excluding carboxylic acids is 1. The zero-order valence-corrected chi connectivity index (χ0v) is 13.3. The summed E-state index contributed by atoms with van der Waals surface area (Å²) < 4.78 is 5.60. The van der Waals surface area contributed by atoms with Crippen LogP contribution in [0.2, 0.25) is 0 Å². The molecule has 2 rings (SSSR count). The Morgan fingerprint density at radius 1 is 1.33 bits per heavy atom. The lowest BCUT2D eigenvalue weighted by Gasteiger charge is -2.20.